The number of nitrogens with zero attached hydrogens (tertiary/aromatic N) is 2. The van der Waals surface area contributed by atoms with E-state index in [4.69, 9.17) is 19.2 Å². The first-order chi connectivity index (χ1) is 15.0. The predicted molar refractivity (Wildman–Crippen MR) is 116 cm³/mol. The molecule has 166 valence electrons. The second-order valence-electron chi connectivity index (χ2n) is 6.45. The van der Waals surface area contributed by atoms with Crippen molar-refractivity contribution in [2.24, 2.45) is 4.99 Å². The highest BCUT2D eigenvalue weighted by atomic mass is 32.1. The first-order valence-corrected chi connectivity index (χ1v) is 10.4. The average Bonchev–Trinajstić information content (AvgIpc) is 3.16. The van der Waals surface area contributed by atoms with Gasteiger partial charge in [0.05, 0.1) is 25.6 Å². The molecular weight excluding hydrogens is 426 g/mol. The molecule has 1 aromatic heterocycles. The molecule has 0 radical (unpaired) electrons. The minimum Gasteiger partial charge on any atom is -0.497 e. The lowest BCUT2D eigenvalue weighted by molar-refractivity contribution is -0.0498. The van der Waals surface area contributed by atoms with Gasteiger partial charge in [-0.05, 0) is 48.9 Å². The maximum absolute atomic E-state index is 12.4. The fraction of sp³-hybridized carbons (Fsp3) is 0.318. The Bertz CT molecular complexity index is 1050. The van der Waals surface area contributed by atoms with E-state index in [1.54, 1.807) is 33.5 Å². The average molecular weight is 451 g/mol. The molecule has 3 aromatic rings. The molecule has 0 saturated carbocycles. The molecule has 31 heavy (non-hydrogen) atoms. The van der Waals surface area contributed by atoms with Crippen LogP contribution >= 0.6 is 11.3 Å². The molecule has 0 unspecified atom stereocenters. The van der Waals surface area contributed by atoms with Gasteiger partial charge in [-0.2, -0.15) is 8.78 Å². The van der Waals surface area contributed by atoms with Gasteiger partial charge in [-0.15, -0.1) is 11.3 Å². The summed E-state index contributed by atoms with van der Waals surface area (Å²) < 4.78 is 47.4. The third-order valence-electron chi connectivity index (χ3n) is 4.50. The number of methoxy groups -OCH3 is 3. The van der Waals surface area contributed by atoms with Gasteiger partial charge in [0.15, 0.2) is 4.80 Å². The third kappa shape index (κ3) is 5.83. The summed E-state index contributed by atoms with van der Waals surface area (Å²) in [6.07, 6.45) is 0.793. The van der Waals surface area contributed by atoms with Crippen molar-refractivity contribution in [2.45, 2.75) is 19.6 Å². The predicted octanol–water partition coefficient (Wildman–Crippen LogP) is 5.10. The number of thiazole rings is 1. The fourth-order valence-corrected chi connectivity index (χ4v) is 3.99. The van der Waals surface area contributed by atoms with Gasteiger partial charge >= 0.3 is 6.61 Å². The number of ether oxygens (including phenoxy) is 4. The van der Waals surface area contributed by atoms with E-state index in [-0.39, 0.29) is 5.75 Å². The van der Waals surface area contributed by atoms with Crippen LogP contribution in [0.25, 0.3) is 11.3 Å². The summed E-state index contributed by atoms with van der Waals surface area (Å²) in [5, 5.41) is 2.01. The summed E-state index contributed by atoms with van der Waals surface area (Å²) in [7, 11) is 4.91. The van der Waals surface area contributed by atoms with Crippen molar-refractivity contribution in [3.8, 4) is 28.5 Å². The van der Waals surface area contributed by atoms with Gasteiger partial charge < -0.3 is 23.5 Å². The van der Waals surface area contributed by atoms with Crippen LogP contribution in [0.15, 0.2) is 52.8 Å². The molecule has 9 heteroatoms. The number of alkyl halides is 2. The van der Waals surface area contributed by atoms with E-state index < -0.39 is 6.61 Å². The first-order valence-electron chi connectivity index (χ1n) is 9.55. The SMILES string of the molecule is COCCCn1c(-c2cc(OC)ccc2OC)csc1=Nc1ccc(OC(F)F)cc1. The van der Waals surface area contributed by atoms with Crippen molar-refractivity contribution in [2.75, 3.05) is 27.9 Å². The van der Waals surface area contributed by atoms with E-state index in [0.29, 0.717) is 18.8 Å². The third-order valence-corrected chi connectivity index (χ3v) is 5.36. The van der Waals surface area contributed by atoms with Crippen LogP contribution in [0.2, 0.25) is 0 Å². The molecule has 0 saturated heterocycles. The van der Waals surface area contributed by atoms with Crippen LogP contribution in [0, 0.1) is 0 Å². The number of halogens is 2. The van der Waals surface area contributed by atoms with Crippen LogP contribution in [-0.2, 0) is 11.3 Å². The van der Waals surface area contributed by atoms with Crippen LogP contribution in [0.3, 0.4) is 0 Å². The van der Waals surface area contributed by atoms with Gasteiger partial charge in [-0.1, -0.05) is 0 Å². The number of hydrogen-bond donors (Lipinski definition) is 0. The zero-order valence-corrected chi connectivity index (χ0v) is 18.3. The van der Waals surface area contributed by atoms with Gasteiger partial charge in [0.2, 0.25) is 0 Å². The monoisotopic (exact) mass is 450 g/mol. The summed E-state index contributed by atoms with van der Waals surface area (Å²) in [6.45, 7) is -1.57. The Hall–Kier alpha value is -2.91. The quantitative estimate of drug-likeness (QED) is 0.403. The summed E-state index contributed by atoms with van der Waals surface area (Å²) in [6, 6.07) is 11.9. The normalized spacial score (nSPS) is 11.7. The smallest absolute Gasteiger partial charge is 0.387 e. The number of rotatable bonds is 10. The number of benzene rings is 2. The summed E-state index contributed by atoms with van der Waals surface area (Å²) in [5.74, 6) is 1.53. The largest absolute Gasteiger partial charge is 0.497 e. The van der Waals surface area contributed by atoms with Crippen molar-refractivity contribution in [1.82, 2.24) is 4.57 Å². The Balaban J connectivity index is 2.04. The molecule has 3 rings (SSSR count). The molecule has 0 amide bonds. The lowest BCUT2D eigenvalue weighted by Crippen LogP contribution is -2.17. The zero-order chi connectivity index (χ0) is 22.2. The molecule has 2 aromatic carbocycles. The lowest BCUT2D eigenvalue weighted by Gasteiger charge is -2.13. The molecule has 0 atom stereocenters. The molecule has 1 heterocycles. The highest BCUT2D eigenvalue weighted by Crippen LogP contribution is 2.34. The summed E-state index contributed by atoms with van der Waals surface area (Å²) in [5.41, 5.74) is 2.46. The standard InChI is InChI=1S/C22H24F2N2O4S/c1-27-12-4-11-26-19(18-13-17(28-2)9-10-20(18)29-3)14-31-22(26)25-15-5-7-16(8-6-15)30-21(23)24/h5-10,13-14,21H,4,11-12H2,1-3H3. The van der Waals surface area contributed by atoms with Gasteiger partial charge in [0.1, 0.15) is 17.2 Å². The highest BCUT2D eigenvalue weighted by Gasteiger charge is 2.14. The topological polar surface area (TPSA) is 54.2 Å². The maximum Gasteiger partial charge on any atom is 0.387 e. The van der Waals surface area contributed by atoms with E-state index in [9.17, 15) is 8.78 Å². The van der Waals surface area contributed by atoms with E-state index in [0.717, 1.165) is 34.0 Å². The van der Waals surface area contributed by atoms with Gasteiger partial charge in [-0.25, -0.2) is 4.99 Å². The molecule has 0 aliphatic heterocycles. The Labute approximate surface area is 183 Å². The molecule has 0 fully saturated rings. The molecule has 0 aliphatic rings. The molecule has 0 bridgehead atoms. The molecule has 6 nitrogen and oxygen atoms in total. The fourth-order valence-electron chi connectivity index (χ4n) is 3.04. The lowest BCUT2D eigenvalue weighted by atomic mass is 10.1. The Morgan fingerprint density at radius 1 is 1.00 bits per heavy atom. The molecular formula is C22H24F2N2O4S. The van der Waals surface area contributed by atoms with E-state index >= 15 is 0 Å². The van der Waals surface area contributed by atoms with Crippen LogP contribution in [0.1, 0.15) is 6.42 Å². The summed E-state index contributed by atoms with van der Waals surface area (Å²) >= 11 is 1.48. The van der Waals surface area contributed by atoms with Gasteiger partial charge in [0, 0.05) is 31.2 Å². The van der Waals surface area contributed by atoms with Gasteiger partial charge in [0.25, 0.3) is 0 Å². The van der Waals surface area contributed by atoms with E-state index in [1.807, 2.05) is 23.6 Å². The highest BCUT2D eigenvalue weighted by molar-refractivity contribution is 7.07. The number of aromatic nitrogens is 1. The van der Waals surface area contributed by atoms with E-state index in [1.165, 1.54) is 23.5 Å². The molecule has 0 aliphatic carbocycles. The maximum atomic E-state index is 12.4. The van der Waals surface area contributed by atoms with Crippen LogP contribution in [0.5, 0.6) is 17.2 Å². The van der Waals surface area contributed by atoms with Gasteiger partial charge in [-0.3, -0.25) is 0 Å². The van der Waals surface area contributed by atoms with Crippen molar-refractivity contribution in [3.05, 3.63) is 52.6 Å². The Morgan fingerprint density at radius 2 is 1.74 bits per heavy atom. The van der Waals surface area contributed by atoms with E-state index in [2.05, 4.69) is 9.30 Å². The van der Waals surface area contributed by atoms with Crippen LogP contribution in [-0.4, -0.2) is 39.1 Å². The Kier molecular flexibility index (Phi) is 8.02. The number of hydrogen-bond acceptors (Lipinski definition) is 6. The first kappa shape index (κ1) is 22.8. The van der Waals surface area contributed by atoms with Crippen molar-refractivity contribution >= 4 is 17.0 Å². The second kappa shape index (κ2) is 10.9. The minimum absolute atomic E-state index is 0.0925. The van der Waals surface area contributed by atoms with Crippen molar-refractivity contribution < 1.29 is 27.7 Å². The van der Waals surface area contributed by atoms with Crippen LogP contribution in [0.4, 0.5) is 14.5 Å². The second-order valence-corrected chi connectivity index (χ2v) is 7.29. The van der Waals surface area contributed by atoms with Crippen molar-refractivity contribution in [3.63, 3.8) is 0 Å². The Morgan fingerprint density at radius 3 is 2.39 bits per heavy atom. The molecule has 0 spiro atoms. The minimum atomic E-state index is -2.86. The van der Waals surface area contributed by atoms with Crippen LogP contribution < -0.4 is 19.0 Å². The molecule has 0 N–H and O–H groups in total. The van der Waals surface area contributed by atoms with Crippen molar-refractivity contribution in [1.29, 1.82) is 0 Å². The zero-order valence-electron chi connectivity index (χ0n) is 17.5. The summed E-state index contributed by atoms with van der Waals surface area (Å²) in [4.78, 5) is 5.47.